The van der Waals surface area contributed by atoms with Crippen LogP contribution in [0, 0.1) is 0 Å². The van der Waals surface area contributed by atoms with Crippen molar-refractivity contribution >= 4 is 0 Å². The molecule has 5 heteroatoms. The van der Waals surface area contributed by atoms with E-state index in [1.807, 2.05) is 0 Å². The molecule has 0 saturated carbocycles. The van der Waals surface area contributed by atoms with Gasteiger partial charge in [0.05, 0.1) is 0 Å². The summed E-state index contributed by atoms with van der Waals surface area (Å²) in [5.41, 5.74) is 0. The van der Waals surface area contributed by atoms with Crippen LogP contribution in [-0.2, 0) is 49.2 Å². The van der Waals surface area contributed by atoms with Gasteiger partial charge in [0.2, 0.25) is 0 Å². The third kappa shape index (κ3) is 32.8. The third-order valence-electron chi connectivity index (χ3n) is 0. The van der Waals surface area contributed by atoms with Gasteiger partial charge in [-0.1, -0.05) is 0 Å². The number of hydrogen-bond donors (Lipinski definition) is 0. The van der Waals surface area contributed by atoms with Crippen molar-refractivity contribution in [2.24, 2.45) is 0 Å². The minimum absolute atomic E-state index is 0. The molecule has 0 fully saturated rings. The molecule has 0 aliphatic heterocycles. The monoisotopic (exact) mass is 210 g/mol. The minimum atomic E-state index is -4.08. The summed E-state index contributed by atoms with van der Waals surface area (Å²) in [6.07, 6.45) is 0. The van der Waals surface area contributed by atoms with Gasteiger partial charge in [-0.3, -0.25) is 0 Å². The van der Waals surface area contributed by atoms with Crippen molar-refractivity contribution in [3.8, 4) is 0 Å². The van der Waals surface area contributed by atoms with Crippen LogP contribution in [0.5, 0.6) is 0 Å². The third-order valence-corrected chi connectivity index (χ3v) is 0. The maximum absolute atomic E-state index is 8.58. The first-order chi connectivity index (χ1) is 1.73. The van der Waals surface area contributed by atoms with Crippen LogP contribution in [0.1, 0.15) is 0 Å². The first-order valence-electron chi connectivity index (χ1n) is 0.612. The van der Waals surface area contributed by atoms with Crippen LogP contribution in [-0.4, -0.2) is 0 Å². The van der Waals surface area contributed by atoms with Crippen LogP contribution < -0.4 is 7.38 Å². The summed E-state index contributed by atoms with van der Waals surface area (Å²) in [5.74, 6) is 0. The zero-order chi connectivity index (χ0) is 3.58. The number of rotatable bonds is 0. The molecule has 3 nitrogen and oxygen atoms in total. The van der Waals surface area contributed by atoms with E-state index in [4.69, 9.17) is 10.7 Å². The molecule has 0 radical (unpaired) electrons. The van der Waals surface area contributed by atoms with Crippen LogP contribution >= 0.6 is 0 Å². The molecule has 0 saturated heterocycles. The normalized spacial score (nSPS) is 5.20. The average molecular weight is 208 g/mol. The fourth-order valence-corrected chi connectivity index (χ4v) is 0. The Bertz CT molecular complexity index is 29.9. The van der Waals surface area contributed by atoms with Crippen LogP contribution in [0.4, 0.5) is 0 Å². The predicted molar refractivity (Wildman–Crippen MR) is 0.686 cm³/mol. The SMILES string of the molecule is [Cd+2].[O]=[Ti]([O-])[O-]. The van der Waals surface area contributed by atoms with Gasteiger partial charge in [0.25, 0.3) is 0 Å². The molecule has 0 aliphatic rings. The van der Waals surface area contributed by atoms with Gasteiger partial charge in [0, 0.05) is 0 Å². The van der Waals surface area contributed by atoms with E-state index >= 15 is 0 Å². The van der Waals surface area contributed by atoms with E-state index in [-0.39, 0.29) is 27.3 Å². The van der Waals surface area contributed by atoms with E-state index in [1.165, 1.54) is 0 Å². The maximum atomic E-state index is 8.58. The van der Waals surface area contributed by atoms with Crippen molar-refractivity contribution in [1.82, 2.24) is 0 Å². The summed E-state index contributed by atoms with van der Waals surface area (Å²) in [4.78, 5) is 0. The molecule has 0 unspecified atom stereocenters. The Hall–Kier alpha value is 1.36. The summed E-state index contributed by atoms with van der Waals surface area (Å²) in [5, 5.41) is 0. The van der Waals surface area contributed by atoms with E-state index < -0.39 is 18.6 Å². The Morgan fingerprint density at radius 2 is 1.40 bits per heavy atom. The summed E-state index contributed by atoms with van der Waals surface area (Å²) >= 11 is -4.08. The van der Waals surface area contributed by atoms with Crippen LogP contribution in [0.15, 0.2) is 0 Å². The quantitative estimate of drug-likeness (QED) is 0.413. The van der Waals surface area contributed by atoms with Gasteiger partial charge in [-0.25, -0.2) is 0 Å². The summed E-state index contributed by atoms with van der Waals surface area (Å²) in [6, 6.07) is 0. The molecule has 0 N–H and O–H groups in total. The molecular formula is CdO3Ti. The standard InChI is InChI=1S/Cd.3O.Ti/q+2;;2*-1;. The molecule has 0 spiro atoms. The molecule has 0 bridgehead atoms. The molecule has 0 heterocycles. The first kappa shape index (κ1) is 9.61. The van der Waals surface area contributed by atoms with Crippen LogP contribution in [0.2, 0.25) is 0 Å². The van der Waals surface area contributed by atoms with Gasteiger partial charge < -0.3 is 0 Å². The van der Waals surface area contributed by atoms with Gasteiger partial charge in [0.1, 0.15) is 0 Å². The second-order valence-electron chi connectivity index (χ2n) is 0.250. The molecule has 0 aromatic rings. The molecule has 24 valence electrons. The topological polar surface area (TPSA) is 63.2 Å². The molecule has 0 rings (SSSR count). The first-order valence-corrected chi connectivity index (χ1v) is 2.52. The Kier molecular flexibility index (Phi) is 10.3. The van der Waals surface area contributed by atoms with Crippen LogP contribution in [0.3, 0.4) is 0 Å². The zero-order valence-electron chi connectivity index (χ0n) is 2.43. The second kappa shape index (κ2) is 5.36. The molecule has 0 atom stereocenters. The second-order valence-corrected chi connectivity index (χ2v) is 1.03. The Morgan fingerprint density at radius 3 is 1.40 bits per heavy atom. The van der Waals surface area contributed by atoms with Crippen LogP contribution in [0.25, 0.3) is 0 Å². The van der Waals surface area contributed by atoms with Gasteiger partial charge in [-0.15, -0.1) is 0 Å². The molecule has 0 amide bonds. The predicted octanol–water partition coefficient (Wildman–Crippen LogP) is -2.50. The van der Waals surface area contributed by atoms with E-state index in [0.717, 1.165) is 0 Å². The van der Waals surface area contributed by atoms with E-state index in [1.54, 1.807) is 0 Å². The van der Waals surface area contributed by atoms with E-state index in [2.05, 4.69) is 0 Å². The summed E-state index contributed by atoms with van der Waals surface area (Å²) in [7, 11) is 0. The van der Waals surface area contributed by atoms with Crippen molar-refractivity contribution in [3.63, 3.8) is 0 Å². The van der Waals surface area contributed by atoms with Gasteiger partial charge in [0.15, 0.2) is 0 Å². The fourth-order valence-electron chi connectivity index (χ4n) is 0. The van der Waals surface area contributed by atoms with Gasteiger partial charge in [-0.05, 0) is 0 Å². The molecule has 0 aromatic heterocycles. The van der Waals surface area contributed by atoms with Gasteiger partial charge >= 0.3 is 56.6 Å². The summed E-state index contributed by atoms with van der Waals surface area (Å²) in [6.45, 7) is 0. The van der Waals surface area contributed by atoms with E-state index in [9.17, 15) is 0 Å². The molecule has 5 heavy (non-hydrogen) atoms. The van der Waals surface area contributed by atoms with Crippen molar-refractivity contribution in [3.05, 3.63) is 0 Å². The van der Waals surface area contributed by atoms with Crippen molar-refractivity contribution in [2.75, 3.05) is 0 Å². The zero-order valence-corrected chi connectivity index (χ0v) is 8.03. The Morgan fingerprint density at radius 1 is 1.40 bits per heavy atom. The van der Waals surface area contributed by atoms with Crippen molar-refractivity contribution in [1.29, 1.82) is 0 Å². The average Bonchev–Trinajstić information content (AvgIpc) is 0.811. The molecule has 0 aromatic carbocycles. The van der Waals surface area contributed by atoms with Gasteiger partial charge in [-0.2, -0.15) is 0 Å². The molecular weight excluding hydrogens is 208 g/mol. The molecule has 0 aliphatic carbocycles. The fraction of sp³-hybridized carbons (Fsp3) is 0. The Labute approximate surface area is 56.3 Å². The van der Waals surface area contributed by atoms with Crippen molar-refractivity contribution < 1.29 is 56.6 Å². The van der Waals surface area contributed by atoms with Crippen molar-refractivity contribution in [2.45, 2.75) is 0 Å². The van der Waals surface area contributed by atoms with E-state index in [0.29, 0.717) is 0 Å². The number of hydrogen-bond acceptors (Lipinski definition) is 3. The summed E-state index contributed by atoms with van der Waals surface area (Å²) < 4.78 is 25.8. The Balaban J connectivity index is 0.